The van der Waals surface area contributed by atoms with Gasteiger partial charge >= 0.3 is 0 Å². The van der Waals surface area contributed by atoms with Gasteiger partial charge in [-0.25, -0.2) is 4.98 Å². The van der Waals surface area contributed by atoms with Crippen molar-refractivity contribution in [1.82, 2.24) is 4.98 Å². The third kappa shape index (κ3) is 1.97. The van der Waals surface area contributed by atoms with E-state index in [2.05, 4.69) is 4.98 Å². The minimum absolute atomic E-state index is 0.512. The van der Waals surface area contributed by atoms with Crippen LogP contribution in [0.1, 0.15) is 32.1 Å². The van der Waals surface area contributed by atoms with E-state index in [9.17, 15) is 5.11 Å². The van der Waals surface area contributed by atoms with Crippen LogP contribution in [-0.2, 0) is 0 Å². The second kappa shape index (κ2) is 4.04. The Bertz CT molecular complexity index is 473. The number of thiazole rings is 1. The van der Waals surface area contributed by atoms with Crippen LogP contribution >= 0.6 is 22.7 Å². The predicted molar refractivity (Wildman–Crippen MR) is 64.7 cm³/mol. The van der Waals surface area contributed by atoms with Crippen molar-refractivity contribution in [3.63, 3.8) is 0 Å². The molecule has 15 heavy (non-hydrogen) atoms. The lowest BCUT2D eigenvalue weighted by atomic mass is 10.1. The quantitative estimate of drug-likeness (QED) is 0.873. The number of thiophene rings is 1. The molecule has 0 aromatic carbocycles. The maximum absolute atomic E-state index is 10.2. The summed E-state index contributed by atoms with van der Waals surface area (Å²) < 4.78 is 0. The van der Waals surface area contributed by atoms with E-state index in [0.29, 0.717) is 0 Å². The molecule has 1 unspecified atom stereocenters. The van der Waals surface area contributed by atoms with Crippen molar-refractivity contribution in [2.45, 2.75) is 26.9 Å². The van der Waals surface area contributed by atoms with Crippen molar-refractivity contribution < 1.29 is 5.11 Å². The van der Waals surface area contributed by atoms with Gasteiger partial charge in [0.15, 0.2) is 0 Å². The minimum Gasteiger partial charge on any atom is -0.383 e. The van der Waals surface area contributed by atoms with E-state index in [1.807, 2.05) is 32.2 Å². The number of aliphatic hydroxyl groups is 1. The molecule has 0 radical (unpaired) electrons. The van der Waals surface area contributed by atoms with E-state index in [-0.39, 0.29) is 0 Å². The molecule has 0 aliphatic heterocycles. The Hall–Kier alpha value is -0.710. The van der Waals surface area contributed by atoms with Crippen molar-refractivity contribution in [3.8, 4) is 0 Å². The lowest BCUT2D eigenvalue weighted by Crippen LogP contribution is -1.98. The van der Waals surface area contributed by atoms with Gasteiger partial charge in [-0.2, -0.15) is 0 Å². The Morgan fingerprint density at radius 1 is 1.33 bits per heavy atom. The van der Waals surface area contributed by atoms with Crippen molar-refractivity contribution >= 4 is 22.7 Å². The molecule has 2 aromatic rings. The van der Waals surface area contributed by atoms with Gasteiger partial charge in [0.25, 0.3) is 0 Å². The lowest BCUT2D eigenvalue weighted by Gasteiger charge is -2.08. The summed E-state index contributed by atoms with van der Waals surface area (Å²) in [6, 6.07) is 1.99. The molecule has 80 valence electrons. The van der Waals surface area contributed by atoms with Gasteiger partial charge in [0, 0.05) is 4.88 Å². The molecule has 0 amide bonds. The molecule has 0 saturated carbocycles. The van der Waals surface area contributed by atoms with E-state index in [1.165, 1.54) is 4.88 Å². The summed E-state index contributed by atoms with van der Waals surface area (Å²) in [5.41, 5.74) is 1.95. The standard InChI is InChI=1S/C11H13NOS2/c1-6-11(15-8(3)12-6)10(13)9-4-5-14-7(9)2/h4-5,10,13H,1-3H3. The fourth-order valence-corrected chi connectivity index (χ4v) is 3.29. The van der Waals surface area contributed by atoms with E-state index >= 15 is 0 Å². The number of aryl methyl sites for hydroxylation is 3. The summed E-state index contributed by atoms with van der Waals surface area (Å²) in [6.07, 6.45) is -0.512. The number of hydrogen-bond donors (Lipinski definition) is 1. The van der Waals surface area contributed by atoms with Crippen LogP contribution in [0.3, 0.4) is 0 Å². The number of rotatable bonds is 2. The summed E-state index contributed by atoms with van der Waals surface area (Å²) in [6.45, 7) is 5.95. The number of aromatic nitrogens is 1. The third-order valence-corrected chi connectivity index (χ3v) is 4.37. The summed E-state index contributed by atoms with van der Waals surface area (Å²) in [4.78, 5) is 6.47. The van der Waals surface area contributed by atoms with Gasteiger partial charge < -0.3 is 5.11 Å². The third-order valence-electron chi connectivity index (χ3n) is 2.38. The van der Waals surface area contributed by atoms with Gasteiger partial charge in [-0.3, -0.25) is 0 Å². The van der Waals surface area contributed by atoms with Gasteiger partial charge in [-0.1, -0.05) is 0 Å². The first-order valence-electron chi connectivity index (χ1n) is 4.75. The van der Waals surface area contributed by atoms with Crippen LogP contribution < -0.4 is 0 Å². The number of nitrogens with zero attached hydrogens (tertiary/aromatic N) is 1. The molecular formula is C11H13NOS2. The highest BCUT2D eigenvalue weighted by atomic mass is 32.1. The van der Waals surface area contributed by atoms with Crippen LogP contribution in [0.4, 0.5) is 0 Å². The molecule has 0 aliphatic carbocycles. The molecule has 0 aliphatic rings. The maximum Gasteiger partial charge on any atom is 0.116 e. The van der Waals surface area contributed by atoms with Crippen molar-refractivity contribution in [3.05, 3.63) is 37.5 Å². The van der Waals surface area contributed by atoms with Gasteiger partial charge in [0.2, 0.25) is 0 Å². The SMILES string of the molecule is Cc1nc(C)c(C(O)c2ccsc2C)s1. The molecular weight excluding hydrogens is 226 g/mol. The molecule has 0 bridgehead atoms. The molecule has 2 heterocycles. The van der Waals surface area contributed by atoms with E-state index in [4.69, 9.17) is 0 Å². The van der Waals surface area contributed by atoms with Gasteiger partial charge in [0.05, 0.1) is 15.6 Å². The first-order chi connectivity index (χ1) is 7.09. The van der Waals surface area contributed by atoms with Gasteiger partial charge in [-0.15, -0.1) is 22.7 Å². The molecule has 0 fully saturated rings. The summed E-state index contributed by atoms with van der Waals surface area (Å²) in [7, 11) is 0. The Balaban J connectivity index is 2.40. The predicted octanol–water partition coefficient (Wildman–Crippen LogP) is 3.21. The van der Waals surface area contributed by atoms with Crippen LogP contribution in [0.25, 0.3) is 0 Å². The van der Waals surface area contributed by atoms with Crippen molar-refractivity contribution in [2.24, 2.45) is 0 Å². The fraction of sp³-hybridized carbons (Fsp3) is 0.364. The highest BCUT2D eigenvalue weighted by Crippen LogP contribution is 2.33. The van der Waals surface area contributed by atoms with Crippen LogP contribution in [0.15, 0.2) is 11.4 Å². The maximum atomic E-state index is 10.2. The zero-order valence-electron chi connectivity index (χ0n) is 8.94. The summed E-state index contributed by atoms with van der Waals surface area (Å²) >= 11 is 3.24. The highest BCUT2D eigenvalue weighted by molar-refractivity contribution is 7.12. The molecule has 4 heteroatoms. The molecule has 2 nitrogen and oxygen atoms in total. The van der Waals surface area contributed by atoms with E-state index in [0.717, 1.165) is 21.1 Å². The lowest BCUT2D eigenvalue weighted by molar-refractivity contribution is 0.223. The second-order valence-corrected chi connectivity index (χ2v) is 5.87. The van der Waals surface area contributed by atoms with Crippen molar-refractivity contribution in [2.75, 3.05) is 0 Å². The molecule has 2 rings (SSSR count). The zero-order valence-corrected chi connectivity index (χ0v) is 10.6. The minimum atomic E-state index is -0.512. The second-order valence-electron chi connectivity index (χ2n) is 3.52. The van der Waals surface area contributed by atoms with Crippen LogP contribution in [0.5, 0.6) is 0 Å². The van der Waals surface area contributed by atoms with Gasteiger partial charge in [-0.05, 0) is 37.8 Å². The average molecular weight is 239 g/mol. The normalized spacial score (nSPS) is 13.1. The highest BCUT2D eigenvalue weighted by Gasteiger charge is 2.18. The Labute approximate surface area is 97.2 Å². The molecule has 1 atom stereocenters. The molecule has 2 aromatic heterocycles. The first kappa shape index (κ1) is 10.8. The molecule has 0 spiro atoms. The first-order valence-corrected chi connectivity index (χ1v) is 6.45. The smallest absolute Gasteiger partial charge is 0.116 e. The fourth-order valence-electron chi connectivity index (χ4n) is 1.62. The average Bonchev–Trinajstić information content (AvgIpc) is 2.71. The van der Waals surface area contributed by atoms with E-state index in [1.54, 1.807) is 22.7 Å². The molecule has 1 N–H and O–H groups in total. The zero-order chi connectivity index (χ0) is 11.0. The Morgan fingerprint density at radius 3 is 2.53 bits per heavy atom. The molecule has 0 saturated heterocycles. The topological polar surface area (TPSA) is 33.1 Å². The number of aliphatic hydroxyl groups excluding tert-OH is 1. The van der Waals surface area contributed by atoms with Crippen LogP contribution in [0.2, 0.25) is 0 Å². The van der Waals surface area contributed by atoms with E-state index < -0.39 is 6.10 Å². The van der Waals surface area contributed by atoms with Gasteiger partial charge in [0.1, 0.15) is 6.10 Å². The monoisotopic (exact) mass is 239 g/mol. The van der Waals surface area contributed by atoms with Crippen LogP contribution in [0, 0.1) is 20.8 Å². The Morgan fingerprint density at radius 2 is 2.07 bits per heavy atom. The number of hydrogen-bond acceptors (Lipinski definition) is 4. The largest absolute Gasteiger partial charge is 0.383 e. The van der Waals surface area contributed by atoms with Crippen molar-refractivity contribution in [1.29, 1.82) is 0 Å². The van der Waals surface area contributed by atoms with Crippen LogP contribution in [-0.4, -0.2) is 10.1 Å². The summed E-state index contributed by atoms with van der Waals surface area (Å²) in [5.74, 6) is 0. The Kier molecular flexibility index (Phi) is 2.91. The summed E-state index contributed by atoms with van der Waals surface area (Å²) in [5, 5.41) is 13.3.